The minimum atomic E-state index is -0.623. The summed E-state index contributed by atoms with van der Waals surface area (Å²) in [5.41, 5.74) is 5.30. The summed E-state index contributed by atoms with van der Waals surface area (Å²) in [5, 5.41) is 0.0861. The number of hydrogen-bond acceptors (Lipinski definition) is 5. The average Bonchev–Trinajstić information content (AvgIpc) is 2.13. The number of ether oxygens (including phenoxy) is 1. The van der Waals surface area contributed by atoms with E-state index in [0.29, 0.717) is 5.75 Å². The summed E-state index contributed by atoms with van der Waals surface area (Å²) in [6.45, 7) is 8.87. The molecule has 0 aliphatic rings. The van der Waals surface area contributed by atoms with Crippen molar-refractivity contribution >= 4 is 22.8 Å². The van der Waals surface area contributed by atoms with Crippen LogP contribution in [0.25, 0.3) is 0 Å². The summed E-state index contributed by atoms with van der Waals surface area (Å²) in [6, 6.07) is -0.623. The zero-order valence-electron chi connectivity index (χ0n) is 11.3. The first-order valence-corrected chi connectivity index (χ1v) is 6.74. The highest BCUT2D eigenvalue weighted by atomic mass is 32.2. The second-order valence-electron chi connectivity index (χ2n) is 5.17. The van der Waals surface area contributed by atoms with Gasteiger partial charge in [-0.05, 0) is 33.1 Å². The predicted octanol–water partition coefficient (Wildman–Crippen LogP) is 1.96. The van der Waals surface area contributed by atoms with E-state index >= 15 is 0 Å². The van der Waals surface area contributed by atoms with Gasteiger partial charge in [-0.1, -0.05) is 18.7 Å². The topological polar surface area (TPSA) is 69.4 Å². The van der Waals surface area contributed by atoms with E-state index in [9.17, 15) is 9.59 Å². The Hall–Kier alpha value is -0.550. The number of rotatable bonds is 5. The molecule has 0 rings (SSSR count). The Morgan fingerprint density at radius 2 is 1.88 bits per heavy atom. The normalized spacial score (nSPS) is 15.2. The van der Waals surface area contributed by atoms with Crippen LogP contribution in [-0.4, -0.2) is 28.5 Å². The van der Waals surface area contributed by atoms with Crippen molar-refractivity contribution in [1.29, 1.82) is 0 Å². The molecule has 2 N–H and O–H groups in total. The van der Waals surface area contributed by atoms with Crippen LogP contribution < -0.4 is 5.73 Å². The molecule has 0 bridgehead atoms. The maximum absolute atomic E-state index is 11.7. The molecule has 17 heavy (non-hydrogen) atoms. The first kappa shape index (κ1) is 16.4. The number of carbonyl (C=O) groups is 2. The highest BCUT2D eigenvalue weighted by molar-refractivity contribution is 8.13. The van der Waals surface area contributed by atoms with Crippen LogP contribution in [0.15, 0.2) is 0 Å². The van der Waals surface area contributed by atoms with Crippen LogP contribution in [0.3, 0.4) is 0 Å². The lowest BCUT2D eigenvalue weighted by Gasteiger charge is -2.24. The second kappa shape index (κ2) is 7.01. The van der Waals surface area contributed by atoms with Gasteiger partial charge in [-0.3, -0.25) is 9.59 Å². The van der Waals surface area contributed by atoms with E-state index in [4.69, 9.17) is 10.5 Å². The van der Waals surface area contributed by atoms with Crippen molar-refractivity contribution in [3.8, 4) is 0 Å². The van der Waals surface area contributed by atoms with Crippen molar-refractivity contribution in [2.75, 3.05) is 5.75 Å². The summed E-state index contributed by atoms with van der Waals surface area (Å²) in [7, 11) is 0. The summed E-state index contributed by atoms with van der Waals surface area (Å²) in [4.78, 5) is 22.4. The van der Waals surface area contributed by atoms with Crippen LogP contribution in [0, 0.1) is 5.92 Å². The Morgan fingerprint density at radius 1 is 1.35 bits per heavy atom. The maximum atomic E-state index is 11.7. The van der Waals surface area contributed by atoms with Crippen LogP contribution in [0.5, 0.6) is 0 Å². The number of carbonyl (C=O) groups excluding carboxylic acids is 2. The molecule has 0 amide bonds. The van der Waals surface area contributed by atoms with E-state index < -0.39 is 11.6 Å². The fourth-order valence-corrected chi connectivity index (χ4v) is 1.95. The van der Waals surface area contributed by atoms with Crippen LogP contribution in [0.2, 0.25) is 0 Å². The predicted molar refractivity (Wildman–Crippen MR) is 70.7 cm³/mol. The largest absolute Gasteiger partial charge is 0.459 e. The molecule has 0 spiro atoms. The monoisotopic (exact) mass is 261 g/mol. The molecule has 0 aromatic rings. The average molecular weight is 261 g/mol. The minimum absolute atomic E-state index is 0.0108. The third-order valence-corrected chi connectivity index (χ3v) is 3.02. The summed E-state index contributed by atoms with van der Waals surface area (Å²) < 4.78 is 5.21. The Kier molecular flexibility index (Phi) is 6.78. The molecular weight excluding hydrogens is 238 g/mol. The molecular formula is C12H23NO3S. The highest BCUT2D eigenvalue weighted by Crippen LogP contribution is 2.16. The smallest absolute Gasteiger partial charge is 0.323 e. The van der Waals surface area contributed by atoms with E-state index in [2.05, 4.69) is 0 Å². The molecule has 100 valence electrons. The van der Waals surface area contributed by atoms with Gasteiger partial charge < -0.3 is 10.5 Å². The summed E-state index contributed by atoms with van der Waals surface area (Å²) in [5.74, 6) is 0.321. The Labute approximate surface area is 108 Å². The lowest BCUT2D eigenvalue weighted by Crippen LogP contribution is -2.41. The molecule has 0 radical (unpaired) electrons. The highest BCUT2D eigenvalue weighted by Gasteiger charge is 2.26. The lowest BCUT2D eigenvalue weighted by atomic mass is 10.00. The van der Waals surface area contributed by atoms with E-state index in [1.807, 2.05) is 27.7 Å². The third kappa shape index (κ3) is 8.21. The van der Waals surface area contributed by atoms with Gasteiger partial charge in [0.2, 0.25) is 0 Å². The van der Waals surface area contributed by atoms with Crippen molar-refractivity contribution in [3.05, 3.63) is 0 Å². The van der Waals surface area contributed by atoms with Gasteiger partial charge in [0.1, 0.15) is 11.6 Å². The molecule has 0 unspecified atom stereocenters. The molecule has 0 aliphatic carbocycles. The van der Waals surface area contributed by atoms with Crippen LogP contribution in [0.1, 0.15) is 41.0 Å². The van der Waals surface area contributed by atoms with Crippen LogP contribution in [-0.2, 0) is 14.3 Å². The minimum Gasteiger partial charge on any atom is -0.459 e. The van der Waals surface area contributed by atoms with Crippen LogP contribution in [0.4, 0.5) is 0 Å². The fraction of sp³-hybridized carbons (Fsp3) is 0.833. The molecule has 4 nitrogen and oxygen atoms in total. The number of nitrogens with two attached hydrogens (primary N) is 1. The van der Waals surface area contributed by atoms with Crippen LogP contribution >= 0.6 is 11.8 Å². The standard InChI is InChI=1S/C12H23NO3S/c1-8(6-7-17-9(2)14)10(13)11(15)16-12(3,4)5/h8,10H,6-7,13H2,1-5H3/t8-,10-/m0/s1. The van der Waals surface area contributed by atoms with Gasteiger partial charge >= 0.3 is 5.97 Å². The van der Waals surface area contributed by atoms with Crippen molar-refractivity contribution in [1.82, 2.24) is 0 Å². The van der Waals surface area contributed by atoms with E-state index in [0.717, 1.165) is 6.42 Å². The molecule has 0 aliphatic heterocycles. The van der Waals surface area contributed by atoms with E-state index in [1.165, 1.54) is 18.7 Å². The molecule has 0 fully saturated rings. The zero-order chi connectivity index (χ0) is 13.6. The van der Waals surface area contributed by atoms with Crippen molar-refractivity contribution in [2.45, 2.75) is 52.7 Å². The van der Waals surface area contributed by atoms with Gasteiger partial charge in [-0.15, -0.1) is 0 Å². The molecule has 2 atom stereocenters. The summed E-state index contributed by atoms with van der Waals surface area (Å²) >= 11 is 1.26. The molecule has 0 heterocycles. The maximum Gasteiger partial charge on any atom is 0.323 e. The van der Waals surface area contributed by atoms with E-state index in [-0.39, 0.29) is 17.0 Å². The zero-order valence-corrected chi connectivity index (χ0v) is 12.1. The molecule has 0 saturated heterocycles. The molecule has 0 saturated carbocycles. The van der Waals surface area contributed by atoms with E-state index in [1.54, 1.807) is 0 Å². The van der Waals surface area contributed by atoms with Gasteiger partial charge in [-0.25, -0.2) is 0 Å². The SMILES string of the molecule is CC(=O)SCC[C@H](C)[C@H](N)C(=O)OC(C)(C)C. The van der Waals surface area contributed by atoms with Crippen molar-refractivity contribution in [2.24, 2.45) is 11.7 Å². The quantitative estimate of drug-likeness (QED) is 0.766. The lowest BCUT2D eigenvalue weighted by molar-refractivity contribution is -0.157. The van der Waals surface area contributed by atoms with Gasteiger partial charge in [0.25, 0.3) is 0 Å². The second-order valence-corrected chi connectivity index (χ2v) is 6.44. The molecule has 0 aromatic heterocycles. The van der Waals surface area contributed by atoms with Gasteiger partial charge in [0.05, 0.1) is 0 Å². The Morgan fingerprint density at radius 3 is 2.29 bits per heavy atom. The Balaban J connectivity index is 4.07. The number of thioether (sulfide) groups is 1. The van der Waals surface area contributed by atoms with Gasteiger partial charge in [0.15, 0.2) is 5.12 Å². The molecule has 0 aromatic carbocycles. The molecule has 5 heteroatoms. The Bertz CT molecular complexity index is 273. The van der Waals surface area contributed by atoms with Crippen molar-refractivity contribution in [3.63, 3.8) is 0 Å². The fourth-order valence-electron chi connectivity index (χ4n) is 1.17. The van der Waals surface area contributed by atoms with Gasteiger partial charge in [0, 0.05) is 12.7 Å². The van der Waals surface area contributed by atoms with Crippen molar-refractivity contribution < 1.29 is 14.3 Å². The summed E-state index contributed by atoms with van der Waals surface area (Å²) in [6.07, 6.45) is 0.727. The first-order valence-electron chi connectivity index (χ1n) is 5.75. The number of hydrogen-bond donors (Lipinski definition) is 1. The first-order chi connectivity index (χ1) is 7.63. The van der Waals surface area contributed by atoms with Gasteiger partial charge in [-0.2, -0.15) is 0 Å². The number of esters is 1. The third-order valence-electron chi connectivity index (χ3n) is 2.17.